The lowest BCUT2D eigenvalue weighted by molar-refractivity contribution is -0.113. The van der Waals surface area contributed by atoms with E-state index in [2.05, 4.69) is 0 Å². The van der Waals surface area contributed by atoms with Crippen molar-refractivity contribution in [3.63, 3.8) is 0 Å². The number of ketones is 2. The average molecular weight is 138 g/mol. The SMILES string of the molecule is O=C1C=CC(=O)C=C1.[AlH3]. The third-order valence-electron chi connectivity index (χ3n) is 0.824. The van der Waals surface area contributed by atoms with Gasteiger partial charge in [0.25, 0.3) is 0 Å². The van der Waals surface area contributed by atoms with Gasteiger partial charge in [0.2, 0.25) is 0 Å². The van der Waals surface area contributed by atoms with Crippen LogP contribution in [0, 0.1) is 0 Å². The minimum atomic E-state index is -0.121. The van der Waals surface area contributed by atoms with Crippen molar-refractivity contribution >= 4 is 28.9 Å². The zero-order chi connectivity index (χ0) is 5.98. The molecule has 0 unspecified atom stereocenters. The van der Waals surface area contributed by atoms with Crippen molar-refractivity contribution in [2.24, 2.45) is 0 Å². The standard InChI is InChI=1S/C6H4O2.Al.3H/c7-5-1-2-6(8)4-3-5;;;;/h1-4H;;;;. The maximum absolute atomic E-state index is 10.3. The fraction of sp³-hybridized carbons (Fsp3) is 0. The Bertz CT molecular complexity index is 153. The van der Waals surface area contributed by atoms with Crippen molar-refractivity contribution in [1.29, 1.82) is 0 Å². The maximum atomic E-state index is 10.3. The van der Waals surface area contributed by atoms with E-state index in [4.69, 9.17) is 0 Å². The minimum Gasteiger partial charge on any atom is -0.290 e. The number of carbonyl (C=O) groups excluding carboxylic acids is 2. The summed E-state index contributed by atoms with van der Waals surface area (Å²) in [4.78, 5) is 20.6. The first-order valence-corrected chi connectivity index (χ1v) is 2.23. The third kappa shape index (κ3) is 2.41. The zero-order valence-electron chi connectivity index (χ0n) is 4.13. The molecule has 0 saturated heterocycles. The lowest BCUT2D eigenvalue weighted by Crippen LogP contribution is -1.97. The number of hydrogen-bond donors (Lipinski definition) is 0. The molecule has 0 amide bonds. The molecular weight excluding hydrogens is 131 g/mol. The van der Waals surface area contributed by atoms with Crippen molar-refractivity contribution < 1.29 is 9.59 Å². The second kappa shape index (κ2) is 3.39. The van der Waals surface area contributed by atoms with Gasteiger partial charge >= 0.3 is 0 Å². The van der Waals surface area contributed by atoms with Gasteiger partial charge in [0.05, 0.1) is 0 Å². The van der Waals surface area contributed by atoms with Crippen LogP contribution in [0.1, 0.15) is 0 Å². The molecule has 46 valence electrons. The molecular formula is C6H7AlO2. The van der Waals surface area contributed by atoms with Crippen LogP contribution < -0.4 is 0 Å². The Morgan fingerprint density at radius 2 is 1.00 bits per heavy atom. The molecule has 0 aromatic carbocycles. The smallest absolute Gasteiger partial charge is 0.187 e. The summed E-state index contributed by atoms with van der Waals surface area (Å²) < 4.78 is 0. The molecule has 0 radical (unpaired) electrons. The predicted molar refractivity (Wildman–Crippen MR) is 38.2 cm³/mol. The molecule has 1 rings (SSSR count). The van der Waals surface area contributed by atoms with Gasteiger partial charge in [0.1, 0.15) is 0 Å². The van der Waals surface area contributed by atoms with E-state index in [1.807, 2.05) is 0 Å². The summed E-state index contributed by atoms with van der Waals surface area (Å²) in [6.07, 6.45) is 5.01. The Hall–Kier alpha value is -0.648. The summed E-state index contributed by atoms with van der Waals surface area (Å²) >= 11 is 0. The van der Waals surface area contributed by atoms with E-state index in [-0.39, 0.29) is 28.9 Å². The zero-order valence-corrected chi connectivity index (χ0v) is 4.13. The Balaban J connectivity index is 0.000000640. The molecule has 0 aliphatic heterocycles. The molecule has 0 atom stereocenters. The van der Waals surface area contributed by atoms with E-state index in [1.54, 1.807) is 0 Å². The second-order valence-corrected chi connectivity index (χ2v) is 1.47. The van der Waals surface area contributed by atoms with E-state index in [1.165, 1.54) is 24.3 Å². The van der Waals surface area contributed by atoms with E-state index in [0.29, 0.717) is 0 Å². The molecule has 9 heavy (non-hydrogen) atoms. The van der Waals surface area contributed by atoms with E-state index < -0.39 is 0 Å². The third-order valence-corrected chi connectivity index (χ3v) is 0.824. The Morgan fingerprint density at radius 3 is 1.22 bits per heavy atom. The summed E-state index contributed by atoms with van der Waals surface area (Å²) in [7, 11) is 0. The first-order chi connectivity index (χ1) is 3.79. The molecule has 0 fully saturated rings. The molecule has 0 heterocycles. The quantitative estimate of drug-likeness (QED) is 0.320. The van der Waals surface area contributed by atoms with Gasteiger partial charge in [-0.15, -0.1) is 0 Å². The molecule has 0 aromatic rings. The predicted octanol–water partition coefficient (Wildman–Crippen LogP) is -0.933. The van der Waals surface area contributed by atoms with Gasteiger partial charge in [0, 0.05) is 0 Å². The van der Waals surface area contributed by atoms with Gasteiger partial charge < -0.3 is 0 Å². The lowest BCUT2D eigenvalue weighted by atomic mass is 10.2. The molecule has 0 bridgehead atoms. The van der Waals surface area contributed by atoms with Crippen LogP contribution in [0.5, 0.6) is 0 Å². The largest absolute Gasteiger partial charge is 0.290 e. The van der Waals surface area contributed by atoms with E-state index in [9.17, 15) is 9.59 Å². The fourth-order valence-corrected chi connectivity index (χ4v) is 0.440. The van der Waals surface area contributed by atoms with Crippen LogP contribution in [0.25, 0.3) is 0 Å². The fourth-order valence-electron chi connectivity index (χ4n) is 0.440. The highest BCUT2D eigenvalue weighted by Crippen LogP contribution is 1.90. The van der Waals surface area contributed by atoms with Crippen molar-refractivity contribution in [3.05, 3.63) is 24.3 Å². The van der Waals surface area contributed by atoms with Crippen LogP contribution >= 0.6 is 0 Å². The highest BCUT2D eigenvalue weighted by Gasteiger charge is 1.97. The topological polar surface area (TPSA) is 34.1 Å². The van der Waals surface area contributed by atoms with Crippen LogP contribution in [-0.2, 0) is 9.59 Å². The molecule has 0 spiro atoms. The van der Waals surface area contributed by atoms with E-state index >= 15 is 0 Å². The summed E-state index contributed by atoms with van der Waals surface area (Å²) in [5.74, 6) is -0.241. The van der Waals surface area contributed by atoms with Gasteiger partial charge in [-0.3, -0.25) is 9.59 Å². The molecule has 1 aliphatic carbocycles. The summed E-state index contributed by atoms with van der Waals surface area (Å²) in [6.45, 7) is 0. The average Bonchev–Trinajstić information content (AvgIpc) is 1.77. The Labute approximate surface area is 63.4 Å². The summed E-state index contributed by atoms with van der Waals surface area (Å²) in [5.41, 5.74) is 0. The monoisotopic (exact) mass is 138 g/mol. The normalized spacial score (nSPS) is 15.6. The van der Waals surface area contributed by atoms with Crippen LogP contribution in [0.15, 0.2) is 24.3 Å². The van der Waals surface area contributed by atoms with Crippen molar-refractivity contribution in [3.8, 4) is 0 Å². The first kappa shape index (κ1) is 8.35. The lowest BCUT2D eigenvalue weighted by Gasteiger charge is -1.87. The van der Waals surface area contributed by atoms with Crippen LogP contribution in [0.3, 0.4) is 0 Å². The highest BCUT2D eigenvalue weighted by atomic mass is 27.0. The molecule has 3 heteroatoms. The first-order valence-electron chi connectivity index (χ1n) is 2.23. The van der Waals surface area contributed by atoms with Gasteiger partial charge in [0.15, 0.2) is 28.9 Å². The molecule has 1 aliphatic rings. The number of rotatable bonds is 0. The van der Waals surface area contributed by atoms with Gasteiger partial charge in [-0.2, -0.15) is 0 Å². The second-order valence-electron chi connectivity index (χ2n) is 1.47. The van der Waals surface area contributed by atoms with Crippen LogP contribution in [0.2, 0.25) is 0 Å². The van der Waals surface area contributed by atoms with Gasteiger partial charge in [-0.1, -0.05) is 0 Å². The summed E-state index contributed by atoms with van der Waals surface area (Å²) in [6, 6.07) is 0. The molecule has 0 saturated carbocycles. The Kier molecular flexibility index (Phi) is 3.15. The van der Waals surface area contributed by atoms with Crippen molar-refractivity contribution in [2.75, 3.05) is 0 Å². The maximum Gasteiger partial charge on any atom is 0.187 e. The van der Waals surface area contributed by atoms with Gasteiger partial charge in [-0.25, -0.2) is 0 Å². The van der Waals surface area contributed by atoms with Crippen molar-refractivity contribution in [2.45, 2.75) is 0 Å². The highest BCUT2D eigenvalue weighted by molar-refractivity contribution is 6.14. The molecule has 0 aromatic heterocycles. The summed E-state index contributed by atoms with van der Waals surface area (Å²) in [5, 5.41) is 0. The van der Waals surface area contributed by atoms with E-state index in [0.717, 1.165) is 0 Å². The molecule has 0 N–H and O–H groups in total. The number of hydrogen-bond acceptors (Lipinski definition) is 2. The van der Waals surface area contributed by atoms with Gasteiger partial charge in [-0.05, 0) is 24.3 Å². The van der Waals surface area contributed by atoms with Crippen LogP contribution in [-0.4, -0.2) is 28.9 Å². The van der Waals surface area contributed by atoms with Crippen molar-refractivity contribution in [1.82, 2.24) is 0 Å². The Morgan fingerprint density at radius 1 is 0.778 bits per heavy atom. The molecule has 2 nitrogen and oxygen atoms in total. The minimum absolute atomic E-state index is 0. The van der Waals surface area contributed by atoms with Crippen LogP contribution in [0.4, 0.5) is 0 Å². The number of carbonyl (C=O) groups is 2. The number of allylic oxidation sites excluding steroid dienone is 4.